The van der Waals surface area contributed by atoms with E-state index in [-0.39, 0.29) is 12.2 Å². The summed E-state index contributed by atoms with van der Waals surface area (Å²) in [5.74, 6) is -0.359. The number of thioether (sulfide) groups is 1. The van der Waals surface area contributed by atoms with Crippen molar-refractivity contribution in [2.24, 2.45) is 0 Å². The molecule has 0 unspecified atom stereocenters. The number of allylic oxidation sites excluding steroid dienone is 1. The van der Waals surface area contributed by atoms with Crippen molar-refractivity contribution in [2.75, 3.05) is 12.0 Å². The molecule has 0 N–H and O–H groups in total. The van der Waals surface area contributed by atoms with Crippen LogP contribution in [-0.2, 0) is 16.7 Å². The van der Waals surface area contributed by atoms with Crippen molar-refractivity contribution in [3.05, 3.63) is 33.1 Å². The number of thiazole rings is 1. The van der Waals surface area contributed by atoms with Gasteiger partial charge in [-0.15, -0.1) is 11.8 Å². The number of nitrogens with zero attached hydrogens (tertiary/aromatic N) is 1. The van der Waals surface area contributed by atoms with E-state index in [4.69, 9.17) is 11.6 Å². The van der Waals surface area contributed by atoms with Gasteiger partial charge in [0.25, 0.3) is 5.01 Å². The number of rotatable bonds is 6. The molecular formula is C14H16ClNO3S3. The Hall–Kier alpha value is -0.600. The van der Waals surface area contributed by atoms with Crippen LogP contribution in [-0.4, -0.2) is 25.0 Å². The van der Waals surface area contributed by atoms with E-state index < -0.39 is 10.1 Å². The second-order valence-corrected chi connectivity index (χ2v) is 8.85. The van der Waals surface area contributed by atoms with Crippen LogP contribution in [0.2, 0.25) is 5.02 Å². The molecule has 22 heavy (non-hydrogen) atoms. The van der Waals surface area contributed by atoms with Gasteiger partial charge in [0, 0.05) is 29.3 Å². The second kappa shape index (κ2) is 7.31. The van der Waals surface area contributed by atoms with Crippen molar-refractivity contribution < 1.29 is 17.5 Å². The number of hydrogen-bond donors (Lipinski definition) is 0. The molecule has 2 rings (SSSR count). The highest BCUT2D eigenvalue weighted by atomic mass is 35.5. The van der Waals surface area contributed by atoms with Crippen LogP contribution in [0.25, 0.3) is 16.3 Å². The summed E-state index contributed by atoms with van der Waals surface area (Å²) in [6, 6.07) is 5.65. The second-order valence-electron chi connectivity index (χ2n) is 4.78. The monoisotopic (exact) mass is 377 g/mol. The van der Waals surface area contributed by atoms with Gasteiger partial charge in [-0.1, -0.05) is 22.9 Å². The van der Waals surface area contributed by atoms with Crippen molar-refractivity contribution in [3.8, 4) is 0 Å². The molecule has 0 spiro atoms. The number of fused-ring (bicyclic) bond motifs is 1. The summed E-state index contributed by atoms with van der Waals surface area (Å²) < 4.78 is 35.5. The Balaban J connectivity index is 2.42. The molecule has 4 nitrogen and oxygen atoms in total. The largest absolute Gasteiger partial charge is 0.748 e. The van der Waals surface area contributed by atoms with Gasteiger partial charge in [-0.3, -0.25) is 0 Å². The summed E-state index contributed by atoms with van der Waals surface area (Å²) in [6.45, 7) is 2.49. The van der Waals surface area contributed by atoms with Crippen LogP contribution in [0, 0.1) is 0 Å². The van der Waals surface area contributed by atoms with Gasteiger partial charge in [-0.05, 0) is 30.2 Å². The van der Waals surface area contributed by atoms with Crippen LogP contribution in [0.1, 0.15) is 18.4 Å². The third-order valence-electron chi connectivity index (χ3n) is 3.12. The lowest BCUT2D eigenvalue weighted by Gasteiger charge is -2.04. The standard InChI is InChI=1S/C14H16ClNO3S3/c1-10(20-2)8-14-16(6-3-7-22(17,18)19)12-9-11(15)4-5-13(12)21-14/h4-5,8-9H,3,6-7H2,1-2H3/b10-8-. The van der Waals surface area contributed by atoms with Gasteiger partial charge >= 0.3 is 0 Å². The van der Waals surface area contributed by atoms with Crippen molar-refractivity contribution >= 4 is 61.1 Å². The van der Waals surface area contributed by atoms with E-state index in [1.807, 2.05) is 35.9 Å². The van der Waals surface area contributed by atoms with Crippen LogP contribution < -0.4 is 4.57 Å². The number of benzene rings is 1. The molecule has 0 aliphatic heterocycles. The van der Waals surface area contributed by atoms with Crippen LogP contribution in [0.3, 0.4) is 0 Å². The van der Waals surface area contributed by atoms with Gasteiger partial charge in [-0.2, -0.15) is 4.57 Å². The van der Waals surface area contributed by atoms with Crippen LogP contribution in [0.4, 0.5) is 0 Å². The molecule has 0 amide bonds. The minimum atomic E-state index is -4.18. The molecule has 0 atom stereocenters. The van der Waals surface area contributed by atoms with E-state index in [2.05, 4.69) is 6.08 Å². The fourth-order valence-corrected chi connectivity index (χ4v) is 4.17. The molecule has 0 fully saturated rings. The van der Waals surface area contributed by atoms with E-state index in [1.54, 1.807) is 23.1 Å². The lowest BCUT2D eigenvalue weighted by molar-refractivity contribution is -0.668. The zero-order chi connectivity index (χ0) is 16.3. The predicted molar refractivity (Wildman–Crippen MR) is 93.4 cm³/mol. The number of aromatic nitrogens is 1. The number of aryl methyl sites for hydroxylation is 1. The predicted octanol–water partition coefficient (Wildman–Crippen LogP) is 3.50. The van der Waals surface area contributed by atoms with Crippen LogP contribution >= 0.6 is 34.7 Å². The van der Waals surface area contributed by atoms with E-state index >= 15 is 0 Å². The fourth-order valence-electron chi connectivity index (χ4n) is 2.04. The average Bonchev–Trinajstić information content (AvgIpc) is 2.75. The minimum Gasteiger partial charge on any atom is -0.748 e. The Morgan fingerprint density at radius 2 is 2.23 bits per heavy atom. The molecule has 8 heteroatoms. The average molecular weight is 378 g/mol. The van der Waals surface area contributed by atoms with E-state index in [9.17, 15) is 13.0 Å². The summed E-state index contributed by atoms with van der Waals surface area (Å²) in [6.07, 6.45) is 4.35. The molecule has 0 saturated carbocycles. The maximum absolute atomic E-state index is 10.8. The molecule has 0 aliphatic rings. The van der Waals surface area contributed by atoms with Crippen molar-refractivity contribution in [3.63, 3.8) is 0 Å². The summed E-state index contributed by atoms with van der Waals surface area (Å²) in [7, 11) is -4.18. The molecule has 0 saturated heterocycles. The molecule has 1 aromatic carbocycles. The highest BCUT2D eigenvalue weighted by Crippen LogP contribution is 2.26. The first-order chi connectivity index (χ1) is 10.3. The third-order valence-corrected chi connectivity index (χ3v) is 6.02. The maximum Gasteiger partial charge on any atom is 0.263 e. The normalized spacial score (nSPS) is 13.0. The smallest absolute Gasteiger partial charge is 0.263 e. The highest BCUT2D eigenvalue weighted by molar-refractivity contribution is 8.02. The van der Waals surface area contributed by atoms with Crippen molar-refractivity contribution in [2.45, 2.75) is 19.9 Å². The van der Waals surface area contributed by atoms with Crippen LogP contribution in [0.15, 0.2) is 23.1 Å². The van der Waals surface area contributed by atoms with Crippen LogP contribution in [0.5, 0.6) is 0 Å². The molecule has 120 valence electrons. The molecule has 0 radical (unpaired) electrons. The van der Waals surface area contributed by atoms with E-state index in [0.29, 0.717) is 11.6 Å². The summed E-state index contributed by atoms with van der Waals surface area (Å²) >= 11 is 9.34. The van der Waals surface area contributed by atoms with E-state index in [0.717, 1.165) is 20.1 Å². The Morgan fingerprint density at radius 1 is 1.50 bits per heavy atom. The zero-order valence-corrected chi connectivity index (χ0v) is 15.4. The summed E-state index contributed by atoms with van der Waals surface area (Å²) in [5.41, 5.74) is 0.959. The first-order valence-corrected chi connectivity index (χ1v) is 10.6. The first kappa shape index (κ1) is 17.7. The highest BCUT2D eigenvalue weighted by Gasteiger charge is 2.19. The molecular weight excluding hydrogens is 362 g/mol. The Labute approximate surface area is 143 Å². The van der Waals surface area contributed by atoms with Gasteiger partial charge < -0.3 is 4.55 Å². The quantitative estimate of drug-likeness (QED) is 0.571. The third kappa shape index (κ3) is 4.70. The zero-order valence-electron chi connectivity index (χ0n) is 12.2. The number of halogens is 1. The van der Waals surface area contributed by atoms with Gasteiger partial charge in [0.05, 0.1) is 10.1 Å². The fraction of sp³-hybridized carbons (Fsp3) is 0.357. The van der Waals surface area contributed by atoms with Gasteiger partial charge in [0.15, 0.2) is 6.54 Å². The molecule has 2 aromatic rings. The number of hydrogen-bond acceptors (Lipinski definition) is 5. The van der Waals surface area contributed by atoms with Crippen molar-refractivity contribution in [1.82, 2.24) is 0 Å². The van der Waals surface area contributed by atoms with Gasteiger partial charge in [-0.25, -0.2) is 8.42 Å². The maximum atomic E-state index is 10.8. The van der Waals surface area contributed by atoms with Crippen molar-refractivity contribution in [1.29, 1.82) is 0 Å². The first-order valence-electron chi connectivity index (χ1n) is 6.58. The van der Waals surface area contributed by atoms with Gasteiger partial charge in [0.1, 0.15) is 4.70 Å². The summed E-state index contributed by atoms with van der Waals surface area (Å²) in [5, 5.41) is 1.65. The Morgan fingerprint density at radius 3 is 2.86 bits per heavy atom. The lowest BCUT2D eigenvalue weighted by Crippen LogP contribution is -2.36. The Bertz CT molecular complexity index is 812. The van der Waals surface area contributed by atoms with Gasteiger partial charge in [0.2, 0.25) is 5.52 Å². The minimum absolute atomic E-state index is 0.286. The topological polar surface area (TPSA) is 61.1 Å². The van der Waals surface area contributed by atoms with E-state index in [1.165, 1.54) is 0 Å². The summed E-state index contributed by atoms with van der Waals surface area (Å²) in [4.78, 5) is 1.16. The molecule has 0 bridgehead atoms. The molecule has 1 aromatic heterocycles. The Kier molecular flexibility index (Phi) is 5.90. The molecule has 1 heterocycles. The lowest BCUT2D eigenvalue weighted by atomic mass is 10.3. The SMILES string of the molecule is CS/C(C)=C\c1sc2ccc(Cl)cc2[n+]1CCCS(=O)(=O)[O-]. The molecule has 0 aliphatic carbocycles.